The first-order valence-electron chi connectivity index (χ1n) is 7.70. The summed E-state index contributed by atoms with van der Waals surface area (Å²) in [6.07, 6.45) is 7.51. The van der Waals surface area contributed by atoms with Crippen LogP contribution >= 0.6 is 0 Å². The zero-order valence-corrected chi connectivity index (χ0v) is 13.3. The zero-order valence-electron chi connectivity index (χ0n) is 12.5. The van der Waals surface area contributed by atoms with E-state index in [2.05, 4.69) is 23.9 Å². The van der Waals surface area contributed by atoms with Gasteiger partial charge in [0.1, 0.15) is 0 Å². The molecule has 1 aliphatic heterocycles. The van der Waals surface area contributed by atoms with Crippen molar-refractivity contribution >= 4 is 10.0 Å². The first-order chi connectivity index (χ1) is 8.99. The van der Waals surface area contributed by atoms with Crippen LogP contribution < -0.4 is 10.0 Å². The number of hydrogen-bond acceptors (Lipinski definition) is 3. The SMILES string of the molecule is CC(C)CCCCNS(=O)(=O)CCC1CCCCN1. The normalized spacial score (nSPS) is 20.9. The number of piperidine rings is 1. The van der Waals surface area contributed by atoms with E-state index in [0.717, 1.165) is 32.2 Å². The Morgan fingerprint density at radius 1 is 1.26 bits per heavy atom. The van der Waals surface area contributed by atoms with Crippen molar-refractivity contribution in [1.29, 1.82) is 0 Å². The van der Waals surface area contributed by atoms with Crippen LogP contribution in [0.3, 0.4) is 0 Å². The van der Waals surface area contributed by atoms with E-state index < -0.39 is 10.0 Å². The summed E-state index contributed by atoms with van der Waals surface area (Å²) in [6, 6.07) is 0.395. The molecule has 0 aromatic carbocycles. The average Bonchev–Trinajstić information content (AvgIpc) is 2.37. The highest BCUT2D eigenvalue weighted by Crippen LogP contribution is 2.11. The van der Waals surface area contributed by atoms with Gasteiger partial charge in [-0.05, 0) is 38.1 Å². The van der Waals surface area contributed by atoms with Crippen molar-refractivity contribution in [3.8, 4) is 0 Å². The second-order valence-electron chi connectivity index (χ2n) is 6.04. The quantitative estimate of drug-likeness (QED) is 0.640. The van der Waals surface area contributed by atoms with Gasteiger partial charge in [-0.1, -0.05) is 33.1 Å². The molecule has 1 fully saturated rings. The summed E-state index contributed by atoms with van der Waals surface area (Å²) in [6.45, 7) is 6.02. The molecule has 0 bridgehead atoms. The lowest BCUT2D eigenvalue weighted by atomic mass is 10.0. The summed E-state index contributed by atoms with van der Waals surface area (Å²) in [7, 11) is -3.07. The van der Waals surface area contributed by atoms with Gasteiger partial charge in [0.2, 0.25) is 10.0 Å². The maximum Gasteiger partial charge on any atom is 0.211 e. The van der Waals surface area contributed by atoms with Crippen molar-refractivity contribution in [3.05, 3.63) is 0 Å². The van der Waals surface area contributed by atoms with Crippen molar-refractivity contribution in [1.82, 2.24) is 10.0 Å². The summed E-state index contributed by atoms with van der Waals surface area (Å²) < 4.78 is 26.4. The summed E-state index contributed by atoms with van der Waals surface area (Å²) >= 11 is 0. The van der Waals surface area contributed by atoms with Crippen LogP contribution in [-0.4, -0.2) is 33.3 Å². The van der Waals surface area contributed by atoms with E-state index in [-0.39, 0.29) is 5.75 Å². The average molecular weight is 290 g/mol. The van der Waals surface area contributed by atoms with Gasteiger partial charge in [-0.2, -0.15) is 0 Å². The topological polar surface area (TPSA) is 58.2 Å². The van der Waals surface area contributed by atoms with Crippen LogP contribution in [0.4, 0.5) is 0 Å². The van der Waals surface area contributed by atoms with Gasteiger partial charge in [0.25, 0.3) is 0 Å². The van der Waals surface area contributed by atoms with Crippen molar-refractivity contribution in [2.24, 2.45) is 5.92 Å². The van der Waals surface area contributed by atoms with E-state index in [4.69, 9.17) is 0 Å². The number of unbranched alkanes of at least 4 members (excludes halogenated alkanes) is 1. The molecule has 0 amide bonds. The highest BCUT2D eigenvalue weighted by atomic mass is 32.2. The summed E-state index contributed by atoms with van der Waals surface area (Å²) in [5, 5.41) is 3.39. The van der Waals surface area contributed by atoms with Gasteiger partial charge < -0.3 is 5.32 Å². The Hall–Kier alpha value is -0.130. The maximum absolute atomic E-state index is 11.8. The minimum Gasteiger partial charge on any atom is -0.314 e. The van der Waals surface area contributed by atoms with Gasteiger partial charge in [-0.25, -0.2) is 13.1 Å². The zero-order chi connectivity index (χ0) is 14.1. The molecule has 0 spiro atoms. The van der Waals surface area contributed by atoms with E-state index in [1.54, 1.807) is 0 Å². The molecular formula is C14H30N2O2S. The fraction of sp³-hybridized carbons (Fsp3) is 1.00. The fourth-order valence-corrected chi connectivity index (χ4v) is 3.64. The molecule has 5 heteroatoms. The molecule has 4 nitrogen and oxygen atoms in total. The highest BCUT2D eigenvalue weighted by Gasteiger charge is 2.16. The van der Waals surface area contributed by atoms with E-state index >= 15 is 0 Å². The highest BCUT2D eigenvalue weighted by molar-refractivity contribution is 7.89. The molecule has 0 radical (unpaired) electrons. The van der Waals surface area contributed by atoms with Crippen molar-refractivity contribution in [2.45, 2.75) is 64.8 Å². The number of rotatable bonds is 9. The summed E-state index contributed by atoms with van der Waals surface area (Å²) in [4.78, 5) is 0. The lowest BCUT2D eigenvalue weighted by Gasteiger charge is -2.23. The van der Waals surface area contributed by atoms with E-state index in [0.29, 0.717) is 18.5 Å². The Morgan fingerprint density at radius 3 is 2.68 bits per heavy atom. The van der Waals surface area contributed by atoms with Gasteiger partial charge in [-0.15, -0.1) is 0 Å². The second-order valence-corrected chi connectivity index (χ2v) is 7.96. The molecule has 19 heavy (non-hydrogen) atoms. The van der Waals surface area contributed by atoms with Gasteiger partial charge in [0.15, 0.2) is 0 Å². The van der Waals surface area contributed by atoms with Gasteiger partial charge in [-0.3, -0.25) is 0 Å². The summed E-state index contributed by atoms with van der Waals surface area (Å²) in [5.41, 5.74) is 0. The lowest BCUT2D eigenvalue weighted by molar-refractivity contribution is 0.392. The molecule has 0 aliphatic carbocycles. The number of hydrogen-bond donors (Lipinski definition) is 2. The molecule has 1 rings (SSSR count). The summed E-state index contributed by atoms with van der Waals surface area (Å²) in [5.74, 6) is 0.962. The fourth-order valence-electron chi connectivity index (χ4n) is 2.45. The Kier molecular flexibility index (Phi) is 7.95. The van der Waals surface area contributed by atoms with Crippen LogP contribution in [-0.2, 0) is 10.0 Å². The standard InChI is InChI=1S/C14H30N2O2S/c1-13(2)7-3-6-11-16-19(17,18)12-9-14-8-4-5-10-15-14/h13-16H,3-12H2,1-2H3. The van der Waals surface area contributed by atoms with Crippen molar-refractivity contribution < 1.29 is 8.42 Å². The molecule has 2 N–H and O–H groups in total. The van der Waals surface area contributed by atoms with Crippen LogP contribution in [0.25, 0.3) is 0 Å². The van der Waals surface area contributed by atoms with Crippen molar-refractivity contribution in [3.63, 3.8) is 0 Å². The minimum atomic E-state index is -3.07. The van der Waals surface area contributed by atoms with Gasteiger partial charge in [0, 0.05) is 12.6 Å². The minimum absolute atomic E-state index is 0.259. The monoisotopic (exact) mass is 290 g/mol. The third-order valence-electron chi connectivity index (χ3n) is 3.68. The Labute approximate surface area is 118 Å². The van der Waals surface area contributed by atoms with E-state index in [1.807, 2.05) is 0 Å². The van der Waals surface area contributed by atoms with Crippen LogP contribution in [0.1, 0.15) is 58.8 Å². The molecule has 0 aromatic rings. The Morgan fingerprint density at radius 2 is 2.05 bits per heavy atom. The molecule has 1 atom stereocenters. The molecule has 1 unspecified atom stereocenters. The number of sulfonamides is 1. The maximum atomic E-state index is 11.8. The molecule has 1 aliphatic rings. The van der Waals surface area contributed by atoms with E-state index in [9.17, 15) is 8.42 Å². The first kappa shape index (κ1) is 16.9. The lowest BCUT2D eigenvalue weighted by Crippen LogP contribution is -2.37. The smallest absolute Gasteiger partial charge is 0.211 e. The van der Waals surface area contributed by atoms with E-state index in [1.165, 1.54) is 19.3 Å². The Balaban J connectivity index is 2.09. The predicted octanol–water partition coefficient (Wildman–Crippen LogP) is 2.26. The number of nitrogens with one attached hydrogen (secondary N) is 2. The van der Waals surface area contributed by atoms with Gasteiger partial charge in [0.05, 0.1) is 5.75 Å². The van der Waals surface area contributed by atoms with Crippen LogP contribution in [0.2, 0.25) is 0 Å². The third kappa shape index (κ3) is 8.60. The molecule has 0 aromatic heterocycles. The van der Waals surface area contributed by atoms with Crippen LogP contribution in [0.15, 0.2) is 0 Å². The first-order valence-corrected chi connectivity index (χ1v) is 9.35. The van der Waals surface area contributed by atoms with Crippen LogP contribution in [0.5, 0.6) is 0 Å². The Bertz CT molecular complexity index is 322. The molecule has 0 saturated carbocycles. The molecule has 114 valence electrons. The molecule has 1 heterocycles. The predicted molar refractivity (Wildman–Crippen MR) is 80.7 cm³/mol. The van der Waals surface area contributed by atoms with Gasteiger partial charge >= 0.3 is 0 Å². The second kappa shape index (κ2) is 8.93. The molecular weight excluding hydrogens is 260 g/mol. The third-order valence-corrected chi connectivity index (χ3v) is 5.09. The van der Waals surface area contributed by atoms with Crippen molar-refractivity contribution in [2.75, 3.05) is 18.8 Å². The largest absolute Gasteiger partial charge is 0.314 e. The van der Waals surface area contributed by atoms with Crippen LogP contribution in [0, 0.1) is 5.92 Å². The molecule has 1 saturated heterocycles.